The molecule has 0 aromatic heterocycles. The lowest BCUT2D eigenvalue weighted by atomic mass is 9.43. The van der Waals surface area contributed by atoms with Gasteiger partial charge in [0.2, 0.25) is 0 Å². The smallest absolute Gasteiger partial charge is 0.339 e. The molecule has 0 N–H and O–H groups in total. The van der Waals surface area contributed by atoms with Crippen molar-refractivity contribution < 1.29 is 19.1 Å². The second kappa shape index (κ2) is 14.6. The third kappa shape index (κ3) is 6.39. The number of benzene rings is 4. The number of methoxy groups -OCH3 is 1. The maximum absolute atomic E-state index is 14.8. The molecular formula is C53H64O4. The third-order valence-corrected chi connectivity index (χ3v) is 16.6. The van der Waals surface area contributed by atoms with Crippen molar-refractivity contribution in [3.8, 4) is 11.1 Å². The van der Waals surface area contributed by atoms with Gasteiger partial charge in [-0.15, -0.1) is 0 Å². The van der Waals surface area contributed by atoms with Crippen molar-refractivity contribution in [3.05, 3.63) is 107 Å². The van der Waals surface area contributed by atoms with Crippen LogP contribution < -0.4 is 0 Å². The minimum Gasteiger partial charge on any atom is -0.465 e. The van der Waals surface area contributed by atoms with Crippen LogP contribution in [0.25, 0.3) is 32.7 Å². The summed E-state index contributed by atoms with van der Waals surface area (Å²) in [5, 5.41) is 3.89. The van der Waals surface area contributed by atoms with Crippen molar-refractivity contribution in [1.29, 1.82) is 0 Å². The summed E-state index contributed by atoms with van der Waals surface area (Å²) in [4.78, 5) is 28.1. The van der Waals surface area contributed by atoms with Crippen molar-refractivity contribution in [1.82, 2.24) is 0 Å². The highest BCUT2D eigenvalue weighted by molar-refractivity contribution is 6.09. The number of ether oxygens (including phenoxy) is 2. The Morgan fingerprint density at radius 1 is 0.737 bits per heavy atom. The molecule has 57 heavy (non-hydrogen) atoms. The van der Waals surface area contributed by atoms with Gasteiger partial charge in [-0.3, -0.25) is 0 Å². The first kappa shape index (κ1) is 39.6. The Hall–Kier alpha value is -4.18. The molecule has 4 aliphatic carbocycles. The highest BCUT2D eigenvalue weighted by Gasteiger charge is 2.63. The summed E-state index contributed by atoms with van der Waals surface area (Å²) in [6, 6.07) is 24.0. The van der Waals surface area contributed by atoms with E-state index in [0.29, 0.717) is 33.6 Å². The molecule has 2 saturated carbocycles. The Morgan fingerprint density at radius 2 is 1.32 bits per heavy atom. The number of rotatable bonds is 8. The quantitative estimate of drug-likeness (QED) is 0.132. The number of esters is 2. The molecule has 4 nitrogen and oxygen atoms in total. The van der Waals surface area contributed by atoms with E-state index in [0.717, 1.165) is 59.1 Å². The molecule has 4 heteroatoms. The molecule has 0 unspecified atom stereocenters. The van der Waals surface area contributed by atoms with Gasteiger partial charge < -0.3 is 9.47 Å². The molecule has 0 saturated heterocycles. The van der Waals surface area contributed by atoms with Crippen LogP contribution in [0.15, 0.2) is 95.6 Å². The molecule has 8 rings (SSSR count). The van der Waals surface area contributed by atoms with Gasteiger partial charge in [0.05, 0.1) is 18.2 Å². The van der Waals surface area contributed by atoms with E-state index >= 15 is 0 Å². The average Bonchev–Trinajstić information content (AvgIpc) is 3.48. The van der Waals surface area contributed by atoms with Gasteiger partial charge in [0.15, 0.2) is 0 Å². The lowest BCUT2D eigenvalue weighted by Gasteiger charge is -2.62. The normalized spacial score (nSPS) is 29.6. The van der Waals surface area contributed by atoms with Crippen LogP contribution in [0.5, 0.6) is 0 Å². The molecule has 300 valence electrons. The second-order valence-corrected chi connectivity index (χ2v) is 19.9. The Balaban J connectivity index is 1.10. The van der Waals surface area contributed by atoms with Crippen molar-refractivity contribution in [2.45, 2.75) is 126 Å². The SMILES string of the molecule is COC(=O)c1cc2ccccc2cc1-c1cc2ccccc2cc1C(=O)O[C@H]1CC[C@]2(C)C3=C(CC[C@H]2C1(C)C)[C@]1(C)CC[C@H]([C@H](C)CCC=C(C)C)[C@@]1(C)CC3. The van der Waals surface area contributed by atoms with Crippen LogP contribution in [0, 0.1) is 39.4 Å². The molecule has 0 radical (unpaired) electrons. The molecule has 0 bridgehead atoms. The molecule has 4 aliphatic rings. The fourth-order valence-corrected chi connectivity index (χ4v) is 13.2. The predicted molar refractivity (Wildman–Crippen MR) is 234 cm³/mol. The summed E-state index contributed by atoms with van der Waals surface area (Å²) in [5.41, 5.74) is 7.78. The van der Waals surface area contributed by atoms with Crippen LogP contribution >= 0.6 is 0 Å². The monoisotopic (exact) mass is 764 g/mol. The second-order valence-electron chi connectivity index (χ2n) is 19.9. The summed E-state index contributed by atoms with van der Waals surface area (Å²) in [6.45, 7) is 19.6. The molecule has 0 heterocycles. The number of fused-ring (bicyclic) bond motifs is 6. The van der Waals surface area contributed by atoms with Gasteiger partial charge >= 0.3 is 11.9 Å². The first-order chi connectivity index (χ1) is 27.1. The summed E-state index contributed by atoms with van der Waals surface area (Å²) in [6.07, 6.45) is 14.0. The van der Waals surface area contributed by atoms with E-state index in [-0.39, 0.29) is 28.3 Å². The largest absolute Gasteiger partial charge is 0.465 e. The van der Waals surface area contributed by atoms with E-state index in [1.54, 1.807) is 11.1 Å². The van der Waals surface area contributed by atoms with E-state index < -0.39 is 5.97 Å². The fraction of sp³-hybridized carbons (Fsp3) is 0.509. The maximum atomic E-state index is 14.8. The van der Waals surface area contributed by atoms with Gasteiger partial charge in [0, 0.05) is 5.41 Å². The fourth-order valence-electron chi connectivity index (χ4n) is 13.2. The highest BCUT2D eigenvalue weighted by Crippen LogP contribution is 2.72. The van der Waals surface area contributed by atoms with Gasteiger partial charge in [-0.25, -0.2) is 9.59 Å². The van der Waals surface area contributed by atoms with Crippen molar-refractivity contribution in [2.75, 3.05) is 7.11 Å². The lowest BCUT2D eigenvalue weighted by molar-refractivity contribution is -0.104. The molecule has 2 fully saturated rings. The summed E-state index contributed by atoms with van der Waals surface area (Å²) in [5.74, 6) is 1.18. The van der Waals surface area contributed by atoms with Crippen LogP contribution in [-0.2, 0) is 9.47 Å². The van der Waals surface area contributed by atoms with Crippen LogP contribution in [-0.4, -0.2) is 25.2 Å². The van der Waals surface area contributed by atoms with E-state index in [1.807, 2.05) is 66.7 Å². The van der Waals surface area contributed by atoms with E-state index in [1.165, 1.54) is 51.2 Å². The van der Waals surface area contributed by atoms with Crippen LogP contribution in [0.1, 0.15) is 140 Å². The Morgan fingerprint density at radius 3 is 1.89 bits per heavy atom. The van der Waals surface area contributed by atoms with Gasteiger partial charge in [0.25, 0.3) is 0 Å². The molecular weight excluding hydrogens is 701 g/mol. The number of carbonyl (C=O) groups is 2. The zero-order chi connectivity index (χ0) is 40.5. The predicted octanol–water partition coefficient (Wildman–Crippen LogP) is 14.1. The van der Waals surface area contributed by atoms with E-state index in [2.05, 4.69) is 67.5 Å². The van der Waals surface area contributed by atoms with E-state index in [4.69, 9.17) is 9.47 Å². The topological polar surface area (TPSA) is 52.6 Å². The average molecular weight is 765 g/mol. The standard InChI is InChI=1S/C53H64O4/c1-33(2)15-14-16-34(3)43-23-27-53(8)45-21-22-46-50(4,5)47(25-26-51(46,6)44(45)24-28-52(43,53)7)57-49(55)42-32-38-20-13-11-18-36(38)30-40(42)39-29-35-17-10-12-19-37(35)31-41(39)48(54)56-9/h10-13,15,17-20,29-32,34,43,46-47H,14,16,21-28H2,1-9H3/t34-,43-,46+,47+,51-,52-,53+/m1/s1. The minimum absolute atomic E-state index is 0.103. The summed E-state index contributed by atoms with van der Waals surface area (Å²) < 4.78 is 12.1. The molecule has 4 aromatic carbocycles. The van der Waals surface area contributed by atoms with Crippen LogP contribution in [0.3, 0.4) is 0 Å². The van der Waals surface area contributed by atoms with Crippen molar-refractivity contribution in [2.24, 2.45) is 39.4 Å². The zero-order valence-corrected chi connectivity index (χ0v) is 36.0. The van der Waals surface area contributed by atoms with Gasteiger partial charge in [-0.05, 0) is 169 Å². The molecule has 7 atom stereocenters. The summed E-state index contributed by atoms with van der Waals surface area (Å²) >= 11 is 0. The number of hydrogen-bond acceptors (Lipinski definition) is 4. The maximum Gasteiger partial charge on any atom is 0.339 e. The lowest BCUT2D eigenvalue weighted by Crippen LogP contribution is -2.55. The Kier molecular flexibility index (Phi) is 10.1. The molecule has 0 spiro atoms. The highest BCUT2D eigenvalue weighted by atomic mass is 16.5. The van der Waals surface area contributed by atoms with Gasteiger partial charge in [-0.1, -0.05) is 113 Å². The third-order valence-electron chi connectivity index (χ3n) is 16.6. The van der Waals surface area contributed by atoms with Gasteiger partial charge in [0.1, 0.15) is 6.10 Å². The summed E-state index contributed by atoms with van der Waals surface area (Å²) in [7, 11) is 1.41. The minimum atomic E-state index is -0.430. The zero-order valence-electron chi connectivity index (χ0n) is 36.0. The molecule has 0 amide bonds. The first-order valence-corrected chi connectivity index (χ1v) is 21.8. The van der Waals surface area contributed by atoms with Crippen LogP contribution in [0.4, 0.5) is 0 Å². The van der Waals surface area contributed by atoms with E-state index in [9.17, 15) is 9.59 Å². The number of carbonyl (C=O) groups excluding carboxylic acids is 2. The molecule has 0 aliphatic heterocycles. The van der Waals surface area contributed by atoms with Crippen molar-refractivity contribution in [3.63, 3.8) is 0 Å². The Labute approximate surface area is 341 Å². The van der Waals surface area contributed by atoms with Gasteiger partial charge in [-0.2, -0.15) is 0 Å². The van der Waals surface area contributed by atoms with Crippen molar-refractivity contribution >= 4 is 33.5 Å². The number of hydrogen-bond donors (Lipinski definition) is 0. The first-order valence-electron chi connectivity index (χ1n) is 21.8. The Bertz CT molecular complexity index is 2300. The van der Waals surface area contributed by atoms with Crippen LogP contribution in [0.2, 0.25) is 0 Å². The molecule has 4 aromatic rings. The number of allylic oxidation sites excluding steroid dienone is 4.